The second-order valence-corrected chi connectivity index (χ2v) is 5.75. The van der Waals surface area contributed by atoms with Crippen LogP contribution in [-0.2, 0) is 0 Å². The van der Waals surface area contributed by atoms with Crippen molar-refractivity contribution in [2.24, 2.45) is 0 Å². The molecule has 0 heterocycles. The summed E-state index contributed by atoms with van der Waals surface area (Å²) in [6.45, 7) is 2.23. The fourth-order valence-corrected chi connectivity index (χ4v) is 3.00. The van der Waals surface area contributed by atoms with Crippen molar-refractivity contribution in [1.82, 2.24) is 0 Å². The quantitative estimate of drug-likeness (QED) is 0.442. The molecule has 0 aliphatic heterocycles. The molecular weight excluding hydrogens is 268 g/mol. The molecular formula is C18H23ClO. The monoisotopic (exact) mass is 290 g/mol. The van der Waals surface area contributed by atoms with Gasteiger partial charge in [0.2, 0.25) is 0 Å². The van der Waals surface area contributed by atoms with E-state index in [-0.39, 0.29) is 5.38 Å². The molecule has 0 saturated carbocycles. The van der Waals surface area contributed by atoms with Gasteiger partial charge in [-0.25, -0.2) is 0 Å². The Morgan fingerprint density at radius 1 is 1.00 bits per heavy atom. The third-order valence-corrected chi connectivity index (χ3v) is 4.24. The van der Waals surface area contributed by atoms with Crippen LogP contribution in [0.3, 0.4) is 0 Å². The minimum atomic E-state index is 0.0858. The highest BCUT2D eigenvalue weighted by atomic mass is 35.5. The normalized spacial score (nSPS) is 12.6. The molecule has 0 radical (unpaired) electrons. The minimum absolute atomic E-state index is 0.0858. The summed E-state index contributed by atoms with van der Waals surface area (Å²) in [4.78, 5) is 0. The third-order valence-electron chi connectivity index (χ3n) is 3.79. The van der Waals surface area contributed by atoms with Gasteiger partial charge in [0.1, 0.15) is 5.75 Å². The standard InChI is InChI=1S/C18H23ClO/c1-3-4-5-6-11-17(19)15-12-13-18(20-2)16-10-8-7-9-14(15)16/h7-10,12-13,17H,3-6,11H2,1-2H3. The van der Waals surface area contributed by atoms with Crippen LogP contribution in [0.2, 0.25) is 0 Å². The van der Waals surface area contributed by atoms with Gasteiger partial charge in [0.25, 0.3) is 0 Å². The van der Waals surface area contributed by atoms with Crippen LogP contribution >= 0.6 is 11.6 Å². The summed E-state index contributed by atoms with van der Waals surface area (Å²) in [6, 6.07) is 12.5. The van der Waals surface area contributed by atoms with Crippen LogP contribution in [-0.4, -0.2) is 7.11 Å². The number of rotatable bonds is 7. The number of hydrogen-bond acceptors (Lipinski definition) is 1. The van der Waals surface area contributed by atoms with E-state index in [1.807, 2.05) is 12.1 Å². The van der Waals surface area contributed by atoms with E-state index in [2.05, 4.69) is 31.2 Å². The van der Waals surface area contributed by atoms with Crippen molar-refractivity contribution in [2.75, 3.05) is 7.11 Å². The Morgan fingerprint density at radius 3 is 2.45 bits per heavy atom. The van der Waals surface area contributed by atoms with Crippen molar-refractivity contribution in [1.29, 1.82) is 0 Å². The van der Waals surface area contributed by atoms with E-state index in [0.29, 0.717) is 0 Å². The molecule has 0 saturated heterocycles. The van der Waals surface area contributed by atoms with Crippen molar-refractivity contribution in [3.05, 3.63) is 42.0 Å². The molecule has 2 heteroatoms. The summed E-state index contributed by atoms with van der Waals surface area (Å²) >= 11 is 6.62. The van der Waals surface area contributed by atoms with Gasteiger partial charge in [0.15, 0.2) is 0 Å². The molecule has 2 rings (SSSR count). The van der Waals surface area contributed by atoms with Crippen molar-refractivity contribution >= 4 is 22.4 Å². The Hall–Kier alpha value is -1.21. The van der Waals surface area contributed by atoms with Crippen LogP contribution in [0, 0.1) is 0 Å². The van der Waals surface area contributed by atoms with Gasteiger partial charge >= 0.3 is 0 Å². The fourth-order valence-electron chi connectivity index (χ4n) is 2.65. The summed E-state index contributed by atoms with van der Waals surface area (Å²) in [6.07, 6.45) is 6.07. The van der Waals surface area contributed by atoms with Crippen LogP contribution in [0.4, 0.5) is 0 Å². The van der Waals surface area contributed by atoms with Crippen LogP contribution in [0.5, 0.6) is 5.75 Å². The average Bonchev–Trinajstić information content (AvgIpc) is 2.50. The molecule has 0 aromatic heterocycles. The fraction of sp³-hybridized carbons (Fsp3) is 0.444. The van der Waals surface area contributed by atoms with E-state index in [1.165, 1.54) is 36.6 Å². The molecule has 0 aliphatic carbocycles. The zero-order valence-corrected chi connectivity index (χ0v) is 13.1. The lowest BCUT2D eigenvalue weighted by atomic mass is 9.98. The molecule has 0 bridgehead atoms. The van der Waals surface area contributed by atoms with E-state index >= 15 is 0 Å². The Morgan fingerprint density at radius 2 is 1.75 bits per heavy atom. The Bertz CT molecular complexity index is 550. The van der Waals surface area contributed by atoms with Crippen molar-refractivity contribution in [2.45, 2.75) is 44.4 Å². The zero-order valence-electron chi connectivity index (χ0n) is 12.4. The molecule has 1 nitrogen and oxygen atoms in total. The molecule has 0 N–H and O–H groups in total. The maximum Gasteiger partial charge on any atom is 0.126 e. The minimum Gasteiger partial charge on any atom is -0.496 e. The first-order valence-corrected chi connectivity index (χ1v) is 7.91. The first kappa shape index (κ1) is 15.2. The lowest BCUT2D eigenvalue weighted by Gasteiger charge is -2.15. The lowest BCUT2D eigenvalue weighted by molar-refractivity contribution is 0.419. The van der Waals surface area contributed by atoms with Crippen molar-refractivity contribution in [3.63, 3.8) is 0 Å². The number of halogens is 1. The Kier molecular flexibility index (Phi) is 5.72. The van der Waals surface area contributed by atoms with Gasteiger partial charge in [-0.05, 0) is 23.4 Å². The Balaban J connectivity index is 2.21. The van der Waals surface area contributed by atoms with Crippen molar-refractivity contribution in [3.8, 4) is 5.75 Å². The molecule has 1 unspecified atom stereocenters. The summed E-state index contributed by atoms with van der Waals surface area (Å²) in [5.41, 5.74) is 1.22. The molecule has 2 aromatic rings. The molecule has 0 amide bonds. The van der Waals surface area contributed by atoms with Crippen LogP contribution in [0.1, 0.15) is 50.0 Å². The molecule has 0 fully saturated rings. The third kappa shape index (κ3) is 3.46. The number of ether oxygens (including phenoxy) is 1. The lowest BCUT2D eigenvalue weighted by Crippen LogP contribution is -1.94. The van der Waals surface area contributed by atoms with Gasteiger partial charge in [0.05, 0.1) is 12.5 Å². The molecule has 2 aromatic carbocycles. The van der Waals surface area contributed by atoms with Crippen molar-refractivity contribution < 1.29 is 4.74 Å². The molecule has 20 heavy (non-hydrogen) atoms. The SMILES string of the molecule is CCCCCCC(Cl)c1ccc(OC)c2ccccc12. The van der Waals surface area contributed by atoms with Gasteiger partial charge in [-0.2, -0.15) is 0 Å². The predicted molar refractivity (Wildman–Crippen MR) is 87.9 cm³/mol. The van der Waals surface area contributed by atoms with E-state index in [1.54, 1.807) is 7.11 Å². The summed E-state index contributed by atoms with van der Waals surface area (Å²) in [7, 11) is 1.71. The zero-order chi connectivity index (χ0) is 14.4. The number of alkyl halides is 1. The molecule has 0 spiro atoms. The van der Waals surface area contributed by atoms with Gasteiger partial charge in [-0.3, -0.25) is 0 Å². The second kappa shape index (κ2) is 7.54. The Labute approximate surface area is 126 Å². The average molecular weight is 291 g/mol. The van der Waals surface area contributed by atoms with Gasteiger partial charge < -0.3 is 4.74 Å². The topological polar surface area (TPSA) is 9.23 Å². The van der Waals surface area contributed by atoms with E-state index in [0.717, 1.165) is 17.6 Å². The maximum atomic E-state index is 6.62. The second-order valence-electron chi connectivity index (χ2n) is 5.22. The number of fused-ring (bicyclic) bond motifs is 1. The summed E-state index contributed by atoms with van der Waals surface area (Å²) in [5, 5.41) is 2.44. The first-order valence-electron chi connectivity index (χ1n) is 7.47. The largest absolute Gasteiger partial charge is 0.496 e. The number of unbranched alkanes of at least 4 members (excludes halogenated alkanes) is 3. The highest BCUT2D eigenvalue weighted by Crippen LogP contribution is 2.36. The highest BCUT2D eigenvalue weighted by Gasteiger charge is 2.13. The van der Waals surface area contributed by atoms with E-state index in [4.69, 9.17) is 16.3 Å². The number of methoxy groups -OCH3 is 1. The van der Waals surface area contributed by atoms with Gasteiger partial charge in [0, 0.05) is 5.39 Å². The smallest absolute Gasteiger partial charge is 0.126 e. The van der Waals surface area contributed by atoms with Crippen LogP contribution in [0.25, 0.3) is 10.8 Å². The summed E-state index contributed by atoms with van der Waals surface area (Å²) < 4.78 is 5.43. The van der Waals surface area contributed by atoms with Gasteiger partial charge in [-0.15, -0.1) is 11.6 Å². The van der Waals surface area contributed by atoms with Crippen LogP contribution < -0.4 is 4.74 Å². The highest BCUT2D eigenvalue weighted by molar-refractivity contribution is 6.21. The molecule has 1 atom stereocenters. The number of benzene rings is 2. The van der Waals surface area contributed by atoms with Crippen LogP contribution in [0.15, 0.2) is 36.4 Å². The maximum absolute atomic E-state index is 6.62. The van der Waals surface area contributed by atoms with E-state index in [9.17, 15) is 0 Å². The first-order chi connectivity index (χ1) is 9.77. The summed E-state index contributed by atoms with van der Waals surface area (Å²) in [5.74, 6) is 0.916. The molecule has 0 aliphatic rings. The molecule has 108 valence electrons. The predicted octanol–water partition coefficient (Wildman–Crippen LogP) is 6.10. The van der Waals surface area contributed by atoms with Gasteiger partial charge in [-0.1, -0.05) is 62.9 Å². The number of hydrogen-bond donors (Lipinski definition) is 0. The van der Waals surface area contributed by atoms with E-state index < -0.39 is 0 Å².